The summed E-state index contributed by atoms with van der Waals surface area (Å²) in [5.41, 5.74) is 0. The van der Waals surface area contributed by atoms with Crippen LogP contribution in [0.5, 0.6) is 0 Å². The molecule has 0 bridgehead atoms. The van der Waals surface area contributed by atoms with Gasteiger partial charge in [-0.15, -0.1) is 0 Å². The maximum absolute atomic E-state index is 12.9. The Labute approximate surface area is 387 Å². The van der Waals surface area contributed by atoms with Gasteiger partial charge in [0.05, 0.1) is 39.9 Å². The summed E-state index contributed by atoms with van der Waals surface area (Å²) < 4.78 is 23.3. The number of rotatable bonds is 51. The Morgan fingerprint density at radius 3 is 1.10 bits per heavy atom. The average molecular weight is 901 g/mol. The minimum atomic E-state index is -4.56. The molecule has 1 amide bonds. The predicted molar refractivity (Wildman–Crippen MR) is 266 cm³/mol. The Morgan fingerprint density at radius 2 is 0.790 bits per heavy atom. The van der Waals surface area contributed by atoms with Gasteiger partial charge in [-0.25, -0.2) is 0 Å². The molecule has 0 rings (SSSR count). The Morgan fingerprint density at radius 1 is 0.500 bits per heavy atom. The Kier molecular flexibility index (Phi) is 45.3. The van der Waals surface area contributed by atoms with Crippen molar-refractivity contribution in [3.8, 4) is 0 Å². The number of likely N-dealkylation sites (N-methyl/N-ethyl adjacent to an activating group) is 1. The van der Waals surface area contributed by atoms with E-state index in [1.54, 1.807) is 0 Å². The predicted octanol–water partition coefficient (Wildman–Crippen LogP) is 15.5. The number of amides is 1. The highest BCUT2D eigenvalue weighted by molar-refractivity contribution is 7.45. The summed E-state index contributed by atoms with van der Waals surface area (Å²) in [6.45, 7) is 4.76. The minimum absolute atomic E-state index is 0.0163. The van der Waals surface area contributed by atoms with Crippen LogP contribution >= 0.6 is 7.82 Å². The molecule has 0 fully saturated rings. The quantitative estimate of drug-likeness (QED) is 0.0358. The van der Waals surface area contributed by atoms with E-state index in [0.717, 1.165) is 38.5 Å². The van der Waals surface area contributed by atoms with E-state index in [0.29, 0.717) is 23.9 Å². The van der Waals surface area contributed by atoms with Crippen LogP contribution in [0, 0.1) is 0 Å². The zero-order chi connectivity index (χ0) is 45.7. The molecular formula is C53H109N2O6P. The van der Waals surface area contributed by atoms with E-state index in [9.17, 15) is 19.4 Å². The van der Waals surface area contributed by atoms with Gasteiger partial charge in [0.2, 0.25) is 5.91 Å². The first-order chi connectivity index (χ1) is 30.0. The van der Waals surface area contributed by atoms with Gasteiger partial charge in [0, 0.05) is 6.42 Å². The van der Waals surface area contributed by atoms with Crippen LogP contribution in [0.2, 0.25) is 0 Å². The SMILES string of the molecule is CCCCCCCCCCCCCCCCCCCCCCCCCCCCCC(=O)N[C@@H](COP(=O)([O-])OCC[N+](C)(C)C)[C@H](O)CCCCCCCCCCCCCCC. The summed E-state index contributed by atoms with van der Waals surface area (Å²) in [7, 11) is 1.32. The molecule has 0 aliphatic rings. The third kappa shape index (κ3) is 47.5. The Bertz CT molecular complexity index is 978. The van der Waals surface area contributed by atoms with Gasteiger partial charge >= 0.3 is 0 Å². The summed E-state index contributed by atoms with van der Waals surface area (Å²) in [6, 6.07) is -0.793. The molecule has 0 spiro atoms. The van der Waals surface area contributed by atoms with Crippen LogP contribution in [0.3, 0.4) is 0 Å². The largest absolute Gasteiger partial charge is 0.756 e. The third-order valence-corrected chi connectivity index (χ3v) is 13.8. The van der Waals surface area contributed by atoms with Crippen molar-refractivity contribution >= 4 is 13.7 Å². The first-order valence-corrected chi connectivity index (χ1v) is 28.8. The number of nitrogens with one attached hydrogen (secondary N) is 1. The highest BCUT2D eigenvalue weighted by Gasteiger charge is 2.24. The van der Waals surface area contributed by atoms with Crippen molar-refractivity contribution in [3.05, 3.63) is 0 Å². The summed E-state index contributed by atoms with van der Waals surface area (Å²) in [4.78, 5) is 25.4. The highest BCUT2D eigenvalue weighted by atomic mass is 31.2. The van der Waals surface area contributed by atoms with Crippen LogP contribution in [0.4, 0.5) is 0 Å². The second-order valence-corrected chi connectivity index (χ2v) is 21.7. The van der Waals surface area contributed by atoms with Crippen LogP contribution in [0.25, 0.3) is 0 Å². The van der Waals surface area contributed by atoms with E-state index in [1.807, 2.05) is 21.1 Å². The second kappa shape index (κ2) is 45.6. The van der Waals surface area contributed by atoms with Crippen molar-refractivity contribution in [2.24, 2.45) is 0 Å². The molecule has 9 heteroatoms. The van der Waals surface area contributed by atoms with Crippen molar-refractivity contribution in [2.45, 2.75) is 296 Å². The second-order valence-electron chi connectivity index (χ2n) is 20.3. The number of hydrogen-bond donors (Lipinski definition) is 2. The maximum Gasteiger partial charge on any atom is 0.268 e. The lowest BCUT2D eigenvalue weighted by Crippen LogP contribution is -2.46. The smallest absolute Gasteiger partial charge is 0.268 e. The van der Waals surface area contributed by atoms with E-state index in [1.165, 1.54) is 218 Å². The van der Waals surface area contributed by atoms with Crippen LogP contribution in [0.15, 0.2) is 0 Å². The molecule has 3 atom stereocenters. The van der Waals surface area contributed by atoms with Gasteiger partial charge in [-0.2, -0.15) is 0 Å². The standard InChI is InChI=1S/C53H109N2O6P/c1-6-8-10-12-14-16-18-20-21-22-23-24-25-26-27-28-29-30-31-32-33-35-37-39-41-43-45-47-53(57)54-51(50-61-62(58,59)60-49-48-55(3,4)5)52(56)46-44-42-40-38-36-34-19-17-15-13-11-9-7-2/h51-52,56H,6-50H2,1-5H3,(H-,54,57,58,59)/t51-,52+/m0/s1. The molecule has 0 radical (unpaired) electrons. The van der Waals surface area contributed by atoms with Crippen molar-refractivity contribution in [3.63, 3.8) is 0 Å². The summed E-state index contributed by atoms with van der Waals surface area (Å²) in [5, 5.41) is 14.0. The number of carbonyl (C=O) groups is 1. The molecule has 0 aromatic heterocycles. The van der Waals surface area contributed by atoms with Crippen LogP contribution in [0.1, 0.15) is 284 Å². The molecule has 0 saturated heterocycles. The van der Waals surface area contributed by atoms with Gasteiger partial charge in [-0.05, 0) is 12.8 Å². The molecule has 62 heavy (non-hydrogen) atoms. The van der Waals surface area contributed by atoms with Gasteiger partial charge in [-0.1, -0.05) is 264 Å². The normalized spacial score (nSPS) is 14.0. The lowest BCUT2D eigenvalue weighted by Gasteiger charge is -2.30. The number of nitrogens with zero attached hydrogens (tertiary/aromatic N) is 1. The fourth-order valence-electron chi connectivity index (χ4n) is 8.51. The molecule has 0 aromatic carbocycles. The number of hydrogen-bond acceptors (Lipinski definition) is 6. The van der Waals surface area contributed by atoms with E-state index < -0.39 is 20.0 Å². The van der Waals surface area contributed by atoms with Gasteiger partial charge in [0.1, 0.15) is 13.2 Å². The number of phosphoric ester groups is 1. The number of phosphoric acid groups is 1. The van der Waals surface area contributed by atoms with Crippen LogP contribution < -0.4 is 10.2 Å². The first kappa shape index (κ1) is 61.5. The maximum atomic E-state index is 12.9. The fraction of sp³-hybridized carbons (Fsp3) is 0.981. The molecule has 2 N–H and O–H groups in total. The molecule has 0 saturated carbocycles. The van der Waals surface area contributed by atoms with Gasteiger partial charge in [0.15, 0.2) is 0 Å². The highest BCUT2D eigenvalue weighted by Crippen LogP contribution is 2.38. The van der Waals surface area contributed by atoms with Crippen LogP contribution in [-0.4, -0.2) is 68.5 Å². The first-order valence-electron chi connectivity index (χ1n) is 27.4. The van der Waals surface area contributed by atoms with Gasteiger partial charge in [-0.3, -0.25) is 9.36 Å². The summed E-state index contributed by atoms with van der Waals surface area (Å²) in [5.74, 6) is -0.158. The topological polar surface area (TPSA) is 108 Å². The van der Waals surface area contributed by atoms with Crippen molar-refractivity contribution < 1.29 is 32.9 Å². The number of carbonyl (C=O) groups excluding carboxylic acids is 1. The van der Waals surface area contributed by atoms with Crippen LogP contribution in [-0.2, 0) is 18.4 Å². The molecule has 0 aromatic rings. The minimum Gasteiger partial charge on any atom is -0.756 e. The average Bonchev–Trinajstić information content (AvgIpc) is 3.23. The molecule has 372 valence electrons. The van der Waals surface area contributed by atoms with Gasteiger partial charge < -0.3 is 28.8 Å². The van der Waals surface area contributed by atoms with Gasteiger partial charge in [0.25, 0.3) is 7.82 Å². The van der Waals surface area contributed by atoms with E-state index in [4.69, 9.17) is 9.05 Å². The Balaban J connectivity index is 4.04. The zero-order valence-corrected chi connectivity index (χ0v) is 43.3. The molecule has 0 heterocycles. The number of quaternary nitrogens is 1. The molecule has 0 aliphatic heterocycles. The van der Waals surface area contributed by atoms with Crippen molar-refractivity contribution in [1.29, 1.82) is 0 Å². The molecule has 0 aliphatic carbocycles. The summed E-state index contributed by atoms with van der Waals surface area (Å²) >= 11 is 0. The van der Waals surface area contributed by atoms with Crippen molar-refractivity contribution in [2.75, 3.05) is 40.9 Å². The van der Waals surface area contributed by atoms with E-state index >= 15 is 0 Å². The third-order valence-electron chi connectivity index (χ3n) is 12.8. The lowest BCUT2D eigenvalue weighted by atomic mass is 10.0. The monoisotopic (exact) mass is 901 g/mol. The van der Waals surface area contributed by atoms with Crippen molar-refractivity contribution in [1.82, 2.24) is 5.32 Å². The number of aliphatic hydroxyl groups excluding tert-OH is 1. The molecule has 1 unspecified atom stereocenters. The van der Waals surface area contributed by atoms with E-state index in [-0.39, 0.29) is 19.1 Å². The lowest BCUT2D eigenvalue weighted by molar-refractivity contribution is -0.870. The Hall–Kier alpha value is -0.500. The zero-order valence-electron chi connectivity index (χ0n) is 42.4. The molecule has 8 nitrogen and oxygen atoms in total. The number of aliphatic hydroxyl groups is 1. The fourth-order valence-corrected chi connectivity index (χ4v) is 9.24. The summed E-state index contributed by atoms with van der Waals surface area (Å²) in [6.07, 6.45) is 52.8. The molecular weight excluding hydrogens is 792 g/mol. The van der Waals surface area contributed by atoms with E-state index in [2.05, 4.69) is 19.2 Å². The number of unbranched alkanes of at least 4 members (excludes halogenated alkanes) is 38.